The van der Waals surface area contributed by atoms with Gasteiger partial charge in [0.1, 0.15) is 11.5 Å². The Bertz CT molecular complexity index is 802. The molecular weight excluding hydrogens is 300 g/mol. The maximum absolute atomic E-state index is 9.83. The van der Waals surface area contributed by atoms with Crippen molar-refractivity contribution in [2.45, 2.75) is 0 Å². The molecule has 0 atom stereocenters. The van der Waals surface area contributed by atoms with E-state index in [0.29, 0.717) is 16.4 Å². The largest absolute Gasteiger partial charge is 0.508 e. The molecule has 0 bridgehead atoms. The fourth-order valence-electron chi connectivity index (χ4n) is 1.80. The summed E-state index contributed by atoms with van der Waals surface area (Å²) in [5, 5.41) is 25.6. The number of aromatic hydroxyl groups is 2. The van der Waals surface area contributed by atoms with Gasteiger partial charge in [-0.25, -0.2) is 4.98 Å². The highest BCUT2D eigenvalue weighted by molar-refractivity contribution is 7.14. The predicted molar refractivity (Wildman–Crippen MR) is 86.3 cm³/mol. The topological polar surface area (TPSA) is 90.6 Å². The number of phenols is 2. The van der Waals surface area contributed by atoms with Gasteiger partial charge in [-0.05, 0) is 18.2 Å². The predicted octanol–water partition coefficient (Wildman–Crippen LogP) is 3.06. The number of aromatic nitrogens is 2. The number of rotatable bonds is 4. The zero-order valence-corrected chi connectivity index (χ0v) is 12.2. The molecule has 2 heterocycles. The second-order valence-electron chi connectivity index (χ2n) is 4.40. The lowest BCUT2D eigenvalue weighted by molar-refractivity contribution is 0.452. The molecule has 0 fully saturated rings. The zero-order chi connectivity index (χ0) is 15.4. The van der Waals surface area contributed by atoms with E-state index in [1.54, 1.807) is 30.1 Å². The lowest BCUT2D eigenvalue weighted by Crippen LogP contribution is -1.90. The minimum absolute atomic E-state index is 0.0101. The molecule has 6 nitrogen and oxygen atoms in total. The van der Waals surface area contributed by atoms with E-state index in [-0.39, 0.29) is 11.5 Å². The summed E-state index contributed by atoms with van der Waals surface area (Å²) in [4.78, 5) is 8.33. The van der Waals surface area contributed by atoms with Gasteiger partial charge >= 0.3 is 0 Å². The van der Waals surface area contributed by atoms with E-state index in [2.05, 4.69) is 20.5 Å². The Morgan fingerprint density at radius 3 is 2.91 bits per heavy atom. The van der Waals surface area contributed by atoms with Gasteiger partial charge in [-0.1, -0.05) is 6.07 Å². The Hall–Kier alpha value is -2.93. The summed E-state index contributed by atoms with van der Waals surface area (Å²) in [5.74, 6) is -0.00777. The molecule has 0 aliphatic carbocycles. The van der Waals surface area contributed by atoms with Crippen molar-refractivity contribution in [3.8, 4) is 22.8 Å². The number of nitrogens with zero attached hydrogens (tertiary/aromatic N) is 3. The van der Waals surface area contributed by atoms with Crippen molar-refractivity contribution in [2.24, 2.45) is 5.10 Å². The molecule has 1 aromatic carbocycles. The van der Waals surface area contributed by atoms with Crippen LogP contribution in [0.4, 0.5) is 5.13 Å². The molecule has 0 saturated heterocycles. The number of phenolic OH excluding ortho intramolecular Hbond substituents is 2. The van der Waals surface area contributed by atoms with Crippen molar-refractivity contribution in [1.29, 1.82) is 0 Å². The molecule has 0 unspecified atom stereocenters. The standard InChI is InChI=1S/C15H12N4O2S/c20-11-3-4-12(14(21)6-11)13-9-22-15(18-13)19-17-8-10-2-1-5-16-7-10/h1-9,20-21H,(H,18,19)/b17-8+. The molecule has 7 heteroatoms. The van der Waals surface area contributed by atoms with E-state index in [9.17, 15) is 10.2 Å². The summed E-state index contributed by atoms with van der Waals surface area (Å²) in [6, 6.07) is 8.11. The third kappa shape index (κ3) is 3.21. The SMILES string of the molecule is Oc1ccc(-c2csc(N/N=C/c3cccnc3)n2)c(O)c1. The smallest absolute Gasteiger partial charge is 0.203 e. The molecule has 0 aliphatic rings. The van der Waals surface area contributed by atoms with Crippen LogP contribution in [0.15, 0.2) is 53.2 Å². The number of hydrogen-bond donors (Lipinski definition) is 3. The summed E-state index contributed by atoms with van der Waals surface area (Å²) in [7, 11) is 0. The second-order valence-corrected chi connectivity index (χ2v) is 5.25. The Morgan fingerprint density at radius 1 is 1.23 bits per heavy atom. The van der Waals surface area contributed by atoms with Gasteiger partial charge in [0.25, 0.3) is 0 Å². The highest BCUT2D eigenvalue weighted by Gasteiger charge is 2.09. The van der Waals surface area contributed by atoms with Crippen LogP contribution < -0.4 is 5.43 Å². The molecule has 110 valence electrons. The molecule has 0 aliphatic heterocycles. The second kappa shape index (κ2) is 6.23. The summed E-state index contributed by atoms with van der Waals surface area (Å²) in [5.41, 5.74) is 4.88. The quantitative estimate of drug-likeness (QED) is 0.509. The number of hydrazone groups is 1. The monoisotopic (exact) mass is 312 g/mol. The van der Waals surface area contributed by atoms with Crippen molar-refractivity contribution in [1.82, 2.24) is 9.97 Å². The van der Waals surface area contributed by atoms with Gasteiger partial charge in [0, 0.05) is 35.0 Å². The molecule has 22 heavy (non-hydrogen) atoms. The van der Waals surface area contributed by atoms with E-state index < -0.39 is 0 Å². The van der Waals surface area contributed by atoms with E-state index in [4.69, 9.17) is 0 Å². The molecule has 2 aromatic heterocycles. The lowest BCUT2D eigenvalue weighted by Gasteiger charge is -2.01. The molecule has 0 spiro atoms. The van der Waals surface area contributed by atoms with Crippen LogP contribution in [0, 0.1) is 0 Å². The van der Waals surface area contributed by atoms with Crippen LogP contribution in [0.25, 0.3) is 11.3 Å². The number of hydrogen-bond acceptors (Lipinski definition) is 7. The molecule has 0 radical (unpaired) electrons. The third-order valence-electron chi connectivity index (χ3n) is 2.82. The van der Waals surface area contributed by atoms with Crippen LogP contribution in [-0.2, 0) is 0 Å². The molecule has 3 aromatic rings. The molecular formula is C15H12N4O2S. The third-order valence-corrected chi connectivity index (χ3v) is 3.57. The number of benzene rings is 1. The first-order valence-electron chi connectivity index (χ1n) is 6.39. The van der Waals surface area contributed by atoms with Crippen LogP contribution in [0.2, 0.25) is 0 Å². The van der Waals surface area contributed by atoms with E-state index >= 15 is 0 Å². The van der Waals surface area contributed by atoms with Crippen molar-refractivity contribution in [2.75, 3.05) is 5.43 Å². The number of anilines is 1. The maximum Gasteiger partial charge on any atom is 0.203 e. The summed E-state index contributed by atoms with van der Waals surface area (Å²) >= 11 is 1.37. The van der Waals surface area contributed by atoms with Gasteiger partial charge in [0.15, 0.2) is 0 Å². The van der Waals surface area contributed by atoms with E-state index in [1.165, 1.54) is 23.5 Å². The fraction of sp³-hybridized carbons (Fsp3) is 0. The number of nitrogens with one attached hydrogen (secondary N) is 1. The van der Waals surface area contributed by atoms with Gasteiger partial charge < -0.3 is 10.2 Å². The van der Waals surface area contributed by atoms with Crippen LogP contribution in [0.5, 0.6) is 11.5 Å². The van der Waals surface area contributed by atoms with Crippen molar-refractivity contribution < 1.29 is 10.2 Å². The highest BCUT2D eigenvalue weighted by Crippen LogP contribution is 2.33. The van der Waals surface area contributed by atoms with Crippen molar-refractivity contribution in [3.63, 3.8) is 0 Å². The van der Waals surface area contributed by atoms with E-state index in [1.807, 2.05) is 12.1 Å². The van der Waals surface area contributed by atoms with E-state index in [0.717, 1.165) is 5.56 Å². The average Bonchev–Trinajstić information content (AvgIpc) is 2.97. The zero-order valence-electron chi connectivity index (χ0n) is 11.3. The minimum atomic E-state index is -0.0179. The van der Waals surface area contributed by atoms with Gasteiger partial charge in [-0.2, -0.15) is 5.10 Å². The normalized spacial score (nSPS) is 10.9. The van der Waals surface area contributed by atoms with Gasteiger partial charge in [0.05, 0.1) is 11.9 Å². The summed E-state index contributed by atoms with van der Waals surface area (Å²) in [6.07, 6.45) is 5.04. The van der Waals surface area contributed by atoms with Crippen LogP contribution in [0.3, 0.4) is 0 Å². The minimum Gasteiger partial charge on any atom is -0.508 e. The van der Waals surface area contributed by atoms with Gasteiger partial charge in [-0.15, -0.1) is 11.3 Å². The summed E-state index contributed by atoms with van der Waals surface area (Å²) < 4.78 is 0. The Kier molecular flexibility index (Phi) is 3.97. The molecule has 0 amide bonds. The van der Waals surface area contributed by atoms with Crippen molar-refractivity contribution >= 4 is 22.7 Å². The van der Waals surface area contributed by atoms with Crippen LogP contribution in [0.1, 0.15) is 5.56 Å². The Morgan fingerprint density at radius 2 is 2.14 bits per heavy atom. The maximum atomic E-state index is 9.83. The lowest BCUT2D eigenvalue weighted by atomic mass is 10.1. The van der Waals surface area contributed by atoms with Gasteiger partial charge in [0.2, 0.25) is 5.13 Å². The highest BCUT2D eigenvalue weighted by atomic mass is 32.1. The molecule has 0 saturated carbocycles. The van der Waals surface area contributed by atoms with Crippen molar-refractivity contribution in [3.05, 3.63) is 53.7 Å². The number of pyridine rings is 1. The number of thiazole rings is 1. The average molecular weight is 312 g/mol. The Balaban J connectivity index is 1.73. The summed E-state index contributed by atoms with van der Waals surface area (Å²) in [6.45, 7) is 0. The van der Waals surface area contributed by atoms with Crippen LogP contribution in [-0.4, -0.2) is 26.4 Å². The first-order valence-corrected chi connectivity index (χ1v) is 7.27. The molecule has 3 N–H and O–H groups in total. The first-order chi connectivity index (χ1) is 10.7. The Labute approximate surface area is 130 Å². The fourth-order valence-corrected chi connectivity index (χ4v) is 2.46. The molecule has 3 rings (SSSR count). The van der Waals surface area contributed by atoms with Crippen LogP contribution >= 0.6 is 11.3 Å². The first kappa shape index (κ1) is 14.0. The van der Waals surface area contributed by atoms with Gasteiger partial charge in [-0.3, -0.25) is 10.4 Å².